The highest BCUT2D eigenvalue weighted by Crippen LogP contribution is 2.53. The number of fused-ring (bicyclic) bond motifs is 3. The van der Waals surface area contributed by atoms with Gasteiger partial charge in [-0.3, -0.25) is 0 Å². The molecular formula is C37H35N. The number of hydrogen-bond acceptors (Lipinski definition) is 1. The standard InChI is InChI=1S/C37H35N/c1-37(24-26-19-20-27(23-26)25-37)34-22-21-31(30-14-5-6-15-32(30)34)33-16-8-10-18-36(33)38-35-17-9-7-13-29(35)28-11-3-2-4-12-28/h2-18,21-22,26-27,38H,19-20,23-25H2,1H3/t26-,27+,37?. The van der Waals surface area contributed by atoms with Crippen molar-refractivity contribution in [2.24, 2.45) is 11.8 Å². The van der Waals surface area contributed by atoms with Crippen molar-refractivity contribution in [1.82, 2.24) is 0 Å². The third kappa shape index (κ3) is 4.11. The van der Waals surface area contributed by atoms with E-state index in [9.17, 15) is 0 Å². The summed E-state index contributed by atoms with van der Waals surface area (Å²) >= 11 is 0. The average Bonchev–Trinajstić information content (AvgIpc) is 3.32. The van der Waals surface area contributed by atoms with Crippen LogP contribution in [0.1, 0.15) is 44.6 Å². The Morgan fingerprint density at radius 1 is 0.553 bits per heavy atom. The van der Waals surface area contributed by atoms with Gasteiger partial charge in [0, 0.05) is 22.5 Å². The fourth-order valence-corrected chi connectivity index (χ4v) is 7.62. The van der Waals surface area contributed by atoms with Gasteiger partial charge >= 0.3 is 0 Å². The van der Waals surface area contributed by atoms with E-state index in [2.05, 4.69) is 128 Å². The minimum absolute atomic E-state index is 0.272. The van der Waals surface area contributed by atoms with E-state index < -0.39 is 0 Å². The summed E-state index contributed by atoms with van der Waals surface area (Å²) in [6.07, 6.45) is 6.98. The molecular weight excluding hydrogens is 458 g/mol. The Kier molecular flexibility index (Phi) is 5.81. The summed E-state index contributed by atoms with van der Waals surface area (Å²) in [7, 11) is 0. The zero-order chi connectivity index (χ0) is 25.5. The summed E-state index contributed by atoms with van der Waals surface area (Å²) in [6.45, 7) is 2.54. The number of anilines is 2. The molecule has 0 spiro atoms. The van der Waals surface area contributed by atoms with Gasteiger partial charge in [0.2, 0.25) is 0 Å². The molecule has 1 N–H and O–H groups in total. The van der Waals surface area contributed by atoms with Gasteiger partial charge in [0.25, 0.3) is 0 Å². The van der Waals surface area contributed by atoms with Crippen molar-refractivity contribution in [2.45, 2.75) is 44.4 Å². The van der Waals surface area contributed by atoms with E-state index in [1.807, 2.05) is 0 Å². The lowest BCUT2D eigenvalue weighted by atomic mass is 9.65. The molecule has 2 fully saturated rings. The van der Waals surface area contributed by atoms with Gasteiger partial charge in [-0.05, 0) is 76.1 Å². The zero-order valence-corrected chi connectivity index (χ0v) is 22.2. The first kappa shape index (κ1) is 23.3. The molecule has 2 saturated carbocycles. The average molecular weight is 494 g/mol. The van der Waals surface area contributed by atoms with Crippen molar-refractivity contribution in [1.29, 1.82) is 0 Å². The molecule has 2 aliphatic carbocycles. The van der Waals surface area contributed by atoms with Crippen LogP contribution in [0.5, 0.6) is 0 Å². The van der Waals surface area contributed by atoms with Crippen molar-refractivity contribution in [2.75, 3.05) is 5.32 Å². The Balaban J connectivity index is 1.32. The first-order valence-electron chi connectivity index (χ1n) is 14.2. The van der Waals surface area contributed by atoms with Crippen LogP contribution in [0.3, 0.4) is 0 Å². The number of nitrogens with one attached hydrogen (secondary N) is 1. The van der Waals surface area contributed by atoms with Crippen LogP contribution in [0.25, 0.3) is 33.0 Å². The molecule has 3 atom stereocenters. The van der Waals surface area contributed by atoms with Crippen LogP contribution >= 0.6 is 0 Å². The van der Waals surface area contributed by atoms with Crippen LogP contribution < -0.4 is 5.32 Å². The molecule has 0 aromatic heterocycles. The highest BCUT2D eigenvalue weighted by atomic mass is 14.9. The Bertz CT molecular complexity index is 1590. The van der Waals surface area contributed by atoms with Crippen LogP contribution in [0, 0.1) is 11.8 Å². The van der Waals surface area contributed by atoms with Gasteiger partial charge in [0.15, 0.2) is 0 Å². The van der Waals surface area contributed by atoms with Crippen molar-refractivity contribution in [3.05, 3.63) is 121 Å². The van der Waals surface area contributed by atoms with Crippen LogP contribution in [0.4, 0.5) is 11.4 Å². The second-order valence-electron chi connectivity index (χ2n) is 11.8. The van der Waals surface area contributed by atoms with E-state index in [4.69, 9.17) is 0 Å². The lowest BCUT2D eigenvalue weighted by Crippen LogP contribution is -2.30. The molecule has 0 radical (unpaired) electrons. The molecule has 0 heterocycles. The number of rotatable bonds is 5. The van der Waals surface area contributed by atoms with Gasteiger partial charge in [-0.1, -0.05) is 123 Å². The summed E-state index contributed by atoms with van der Waals surface area (Å²) < 4.78 is 0. The smallest absolute Gasteiger partial charge is 0.0464 e. The molecule has 5 aromatic carbocycles. The van der Waals surface area contributed by atoms with Gasteiger partial charge in [-0.25, -0.2) is 0 Å². The summed E-state index contributed by atoms with van der Waals surface area (Å²) in [5.41, 5.74) is 9.05. The van der Waals surface area contributed by atoms with E-state index in [0.717, 1.165) is 23.2 Å². The predicted molar refractivity (Wildman–Crippen MR) is 162 cm³/mol. The quantitative estimate of drug-likeness (QED) is 0.257. The molecule has 38 heavy (non-hydrogen) atoms. The fraction of sp³-hybridized carbons (Fsp3) is 0.243. The third-order valence-electron chi connectivity index (χ3n) is 9.20. The third-order valence-corrected chi connectivity index (χ3v) is 9.20. The SMILES string of the molecule is CC1(c2ccc(-c3ccccc3Nc3ccccc3-c3ccccc3)c3ccccc23)C[C@@H]2CC[C@@H](C2)C1. The molecule has 0 saturated heterocycles. The molecule has 7 rings (SSSR count). The van der Waals surface area contributed by atoms with Crippen molar-refractivity contribution in [3.8, 4) is 22.3 Å². The molecule has 1 nitrogen and oxygen atoms in total. The Morgan fingerprint density at radius 3 is 1.87 bits per heavy atom. The van der Waals surface area contributed by atoms with E-state index >= 15 is 0 Å². The number of para-hydroxylation sites is 2. The van der Waals surface area contributed by atoms with Gasteiger partial charge in [-0.2, -0.15) is 0 Å². The first-order chi connectivity index (χ1) is 18.7. The fourth-order valence-electron chi connectivity index (χ4n) is 7.62. The lowest BCUT2D eigenvalue weighted by molar-refractivity contribution is 0.233. The number of hydrogen-bond donors (Lipinski definition) is 1. The summed E-state index contributed by atoms with van der Waals surface area (Å²) in [5, 5.41) is 6.59. The predicted octanol–water partition coefficient (Wildman–Crippen LogP) is 10.4. The van der Waals surface area contributed by atoms with Crippen molar-refractivity contribution >= 4 is 22.1 Å². The van der Waals surface area contributed by atoms with Gasteiger partial charge in [0.1, 0.15) is 0 Å². The normalized spacial score (nSPS) is 22.4. The number of benzene rings is 5. The highest BCUT2D eigenvalue weighted by Gasteiger charge is 2.42. The maximum atomic E-state index is 3.81. The Morgan fingerprint density at radius 2 is 1.13 bits per heavy atom. The van der Waals surface area contributed by atoms with E-state index in [-0.39, 0.29) is 5.41 Å². The molecule has 2 aliphatic rings. The van der Waals surface area contributed by atoms with Crippen molar-refractivity contribution in [3.63, 3.8) is 0 Å². The Labute approximate surface area is 226 Å². The van der Waals surface area contributed by atoms with Gasteiger partial charge in [0.05, 0.1) is 0 Å². The Hall–Kier alpha value is -3.84. The summed E-state index contributed by atoms with van der Waals surface area (Å²) in [5.74, 6) is 1.82. The molecule has 188 valence electrons. The lowest BCUT2D eigenvalue weighted by Gasteiger charge is -2.39. The van der Waals surface area contributed by atoms with Gasteiger partial charge in [-0.15, -0.1) is 0 Å². The largest absolute Gasteiger partial charge is 0.355 e. The molecule has 2 bridgehead atoms. The molecule has 1 heteroatoms. The van der Waals surface area contributed by atoms with E-state index in [1.54, 1.807) is 5.56 Å². The maximum Gasteiger partial charge on any atom is 0.0464 e. The minimum atomic E-state index is 0.272. The molecule has 1 unspecified atom stereocenters. The molecule has 5 aromatic rings. The summed E-state index contributed by atoms with van der Waals surface area (Å²) in [6, 6.07) is 41.9. The highest BCUT2D eigenvalue weighted by molar-refractivity contribution is 6.02. The summed E-state index contributed by atoms with van der Waals surface area (Å²) in [4.78, 5) is 0. The second-order valence-corrected chi connectivity index (χ2v) is 11.8. The first-order valence-corrected chi connectivity index (χ1v) is 14.2. The van der Waals surface area contributed by atoms with Crippen LogP contribution in [0.2, 0.25) is 0 Å². The van der Waals surface area contributed by atoms with Crippen LogP contribution in [-0.2, 0) is 5.41 Å². The van der Waals surface area contributed by atoms with Gasteiger partial charge < -0.3 is 5.32 Å². The topological polar surface area (TPSA) is 12.0 Å². The van der Waals surface area contributed by atoms with Crippen LogP contribution in [0.15, 0.2) is 115 Å². The van der Waals surface area contributed by atoms with E-state index in [1.165, 1.54) is 65.1 Å². The molecule has 0 aliphatic heterocycles. The maximum absolute atomic E-state index is 3.81. The zero-order valence-electron chi connectivity index (χ0n) is 22.2. The monoisotopic (exact) mass is 493 g/mol. The minimum Gasteiger partial charge on any atom is -0.355 e. The van der Waals surface area contributed by atoms with Crippen molar-refractivity contribution < 1.29 is 0 Å². The molecule has 0 amide bonds. The second kappa shape index (κ2) is 9.48. The van der Waals surface area contributed by atoms with E-state index in [0.29, 0.717) is 0 Å². The van der Waals surface area contributed by atoms with Crippen LogP contribution in [-0.4, -0.2) is 0 Å².